The Kier molecular flexibility index (Phi) is 7.76. The number of nitrogens with one attached hydrogen (secondary N) is 1. The molecule has 0 saturated carbocycles. The molecule has 2 aromatic rings. The first-order chi connectivity index (χ1) is 13.4. The lowest BCUT2D eigenvalue weighted by Gasteiger charge is -2.16. The van der Waals surface area contributed by atoms with Crippen LogP contribution in [0.5, 0.6) is 5.75 Å². The average Bonchev–Trinajstić information content (AvgIpc) is 3.09. The average molecular weight is 402 g/mol. The maximum absolute atomic E-state index is 12.1. The van der Waals surface area contributed by atoms with Crippen LogP contribution in [0.25, 0.3) is 6.08 Å². The Hall–Kier alpha value is -3.13. The number of esters is 1. The zero-order chi connectivity index (χ0) is 20.5. The normalized spacial score (nSPS) is 10.5. The van der Waals surface area contributed by atoms with E-state index in [9.17, 15) is 14.4 Å². The quantitative estimate of drug-likeness (QED) is 0.542. The minimum absolute atomic E-state index is 0.169. The number of thiophene rings is 1. The van der Waals surface area contributed by atoms with Crippen LogP contribution in [0.3, 0.4) is 0 Å². The summed E-state index contributed by atoms with van der Waals surface area (Å²) in [6, 6.07) is 8.83. The van der Waals surface area contributed by atoms with Crippen molar-refractivity contribution in [1.29, 1.82) is 0 Å². The highest BCUT2D eigenvalue weighted by atomic mass is 32.1. The number of hydrogen-bond acceptors (Lipinski definition) is 6. The second kappa shape index (κ2) is 10.3. The van der Waals surface area contributed by atoms with Gasteiger partial charge in [0.15, 0.2) is 6.61 Å². The zero-order valence-corrected chi connectivity index (χ0v) is 16.7. The lowest BCUT2D eigenvalue weighted by molar-refractivity contribution is -0.148. The number of likely N-dealkylation sites (N-methyl/N-ethyl adjacent to an activating group) is 1. The van der Waals surface area contributed by atoms with Gasteiger partial charge in [0.25, 0.3) is 5.91 Å². The fraction of sp³-hybridized carbons (Fsp3) is 0.250. The standard InChI is InChI=1S/C20H22N2O5S/c1-14-9-10-28-17(14)7-8-20(25)27-13-19(24)22(2)12-18(23)21-15-5-4-6-16(11-15)26-3/h4-11H,12-13H2,1-3H3,(H,21,23)/b8-7+. The number of nitrogens with zero attached hydrogens (tertiary/aromatic N) is 1. The van der Waals surface area contributed by atoms with Crippen LogP contribution in [-0.2, 0) is 19.1 Å². The van der Waals surface area contributed by atoms with E-state index < -0.39 is 18.5 Å². The lowest BCUT2D eigenvalue weighted by atomic mass is 10.3. The number of anilines is 1. The van der Waals surface area contributed by atoms with Crippen LogP contribution in [0.4, 0.5) is 5.69 Å². The fourth-order valence-electron chi connectivity index (χ4n) is 2.20. The van der Waals surface area contributed by atoms with E-state index in [0.717, 1.165) is 10.4 Å². The molecule has 1 aromatic heterocycles. The molecule has 0 fully saturated rings. The molecule has 0 aliphatic carbocycles. The van der Waals surface area contributed by atoms with E-state index in [2.05, 4.69) is 5.32 Å². The van der Waals surface area contributed by atoms with Crippen molar-refractivity contribution in [3.63, 3.8) is 0 Å². The van der Waals surface area contributed by atoms with Crippen molar-refractivity contribution in [2.45, 2.75) is 6.92 Å². The predicted molar refractivity (Wildman–Crippen MR) is 108 cm³/mol. The highest BCUT2D eigenvalue weighted by Gasteiger charge is 2.15. The van der Waals surface area contributed by atoms with Crippen LogP contribution >= 0.6 is 11.3 Å². The van der Waals surface area contributed by atoms with Crippen molar-refractivity contribution in [2.75, 3.05) is 32.6 Å². The molecule has 148 valence electrons. The van der Waals surface area contributed by atoms with Gasteiger partial charge in [-0.1, -0.05) is 6.07 Å². The largest absolute Gasteiger partial charge is 0.497 e. The van der Waals surface area contributed by atoms with Crippen molar-refractivity contribution < 1.29 is 23.9 Å². The van der Waals surface area contributed by atoms with E-state index in [-0.39, 0.29) is 12.5 Å². The monoisotopic (exact) mass is 402 g/mol. The molecule has 8 heteroatoms. The van der Waals surface area contributed by atoms with Gasteiger partial charge in [0.2, 0.25) is 5.91 Å². The summed E-state index contributed by atoms with van der Waals surface area (Å²) in [6.45, 7) is 1.34. The molecule has 2 rings (SSSR count). The van der Waals surface area contributed by atoms with Gasteiger partial charge in [-0.05, 0) is 42.1 Å². The van der Waals surface area contributed by atoms with Gasteiger partial charge in [-0.2, -0.15) is 0 Å². The molecule has 1 N–H and O–H groups in total. The molecule has 1 heterocycles. The fourth-order valence-corrected chi connectivity index (χ4v) is 3.01. The topological polar surface area (TPSA) is 84.9 Å². The molecule has 0 saturated heterocycles. The molecule has 0 atom stereocenters. The molecule has 0 aliphatic rings. The summed E-state index contributed by atoms with van der Waals surface area (Å²) in [7, 11) is 3.00. The molecule has 0 aliphatic heterocycles. The van der Waals surface area contributed by atoms with Crippen LogP contribution in [0.15, 0.2) is 41.8 Å². The molecule has 0 bridgehead atoms. The molecule has 2 amide bonds. The van der Waals surface area contributed by atoms with Gasteiger partial charge in [0, 0.05) is 29.8 Å². The lowest BCUT2D eigenvalue weighted by Crippen LogP contribution is -2.37. The molecule has 1 aromatic carbocycles. The van der Waals surface area contributed by atoms with Gasteiger partial charge in [-0.25, -0.2) is 4.79 Å². The Morgan fingerprint density at radius 1 is 1.25 bits per heavy atom. The molecule has 0 spiro atoms. The summed E-state index contributed by atoms with van der Waals surface area (Å²) in [6.07, 6.45) is 2.93. The van der Waals surface area contributed by atoms with Crippen LogP contribution in [0.1, 0.15) is 10.4 Å². The third-order valence-electron chi connectivity index (χ3n) is 3.77. The first-order valence-corrected chi connectivity index (χ1v) is 9.34. The summed E-state index contributed by atoms with van der Waals surface area (Å²) in [4.78, 5) is 38.0. The first-order valence-electron chi connectivity index (χ1n) is 8.46. The van der Waals surface area contributed by atoms with Gasteiger partial charge in [-0.3, -0.25) is 9.59 Å². The van der Waals surface area contributed by atoms with Crippen LogP contribution in [0, 0.1) is 6.92 Å². The first kappa shape index (κ1) is 21.2. The number of rotatable bonds is 8. The molecule has 28 heavy (non-hydrogen) atoms. The van der Waals surface area contributed by atoms with Crippen molar-refractivity contribution in [1.82, 2.24) is 4.90 Å². The Balaban J connectivity index is 1.77. The van der Waals surface area contributed by atoms with Gasteiger partial charge in [0.1, 0.15) is 5.75 Å². The Morgan fingerprint density at radius 2 is 2.04 bits per heavy atom. The van der Waals surface area contributed by atoms with Gasteiger partial charge in [0.05, 0.1) is 13.7 Å². The van der Waals surface area contributed by atoms with Crippen molar-refractivity contribution in [3.8, 4) is 5.75 Å². The smallest absolute Gasteiger partial charge is 0.331 e. The third-order valence-corrected chi connectivity index (χ3v) is 4.75. The van der Waals surface area contributed by atoms with Gasteiger partial charge in [-0.15, -0.1) is 11.3 Å². The highest BCUT2D eigenvalue weighted by molar-refractivity contribution is 7.11. The number of carbonyl (C=O) groups excluding carboxylic acids is 3. The van der Waals surface area contributed by atoms with E-state index >= 15 is 0 Å². The molecular formula is C20H22N2O5S. The van der Waals surface area contributed by atoms with E-state index in [0.29, 0.717) is 11.4 Å². The minimum Gasteiger partial charge on any atom is -0.497 e. The minimum atomic E-state index is -0.615. The van der Waals surface area contributed by atoms with E-state index in [4.69, 9.17) is 9.47 Å². The Bertz CT molecular complexity index is 875. The maximum Gasteiger partial charge on any atom is 0.331 e. The van der Waals surface area contributed by atoms with Crippen LogP contribution in [-0.4, -0.2) is 50.0 Å². The summed E-state index contributed by atoms with van der Waals surface area (Å²) < 4.78 is 10.0. The highest BCUT2D eigenvalue weighted by Crippen LogP contribution is 2.17. The number of amides is 2. The summed E-state index contributed by atoms with van der Waals surface area (Å²) in [5.74, 6) is -0.853. The zero-order valence-electron chi connectivity index (χ0n) is 15.9. The van der Waals surface area contributed by atoms with E-state index in [1.54, 1.807) is 30.3 Å². The Labute approximate surface area is 167 Å². The van der Waals surface area contributed by atoms with E-state index in [1.807, 2.05) is 18.4 Å². The summed E-state index contributed by atoms with van der Waals surface area (Å²) >= 11 is 1.51. The number of benzene rings is 1. The van der Waals surface area contributed by atoms with Crippen LogP contribution in [0.2, 0.25) is 0 Å². The van der Waals surface area contributed by atoms with Gasteiger partial charge >= 0.3 is 5.97 Å². The Morgan fingerprint density at radius 3 is 2.71 bits per heavy atom. The molecule has 0 unspecified atom stereocenters. The molecular weight excluding hydrogens is 380 g/mol. The van der Waals surface area contributed by atoms with Crippen molar-refractivity contribution in [3.05, 3.63) is 52.2 Å². The molecule has 7 nitrogen and oxygen atoms in total. The van der Waals surface area contributed by atoms with Gasteiger partial charge < -0.3 is 19.7 Å². The second-order valence-corrected chi connectivity index (χ2v) is 6.89. The number of ether oxygens (including phenoxy) is 2. The number of aryl methyl sites for hydroxylation is 1. The maximum atomic E-state index is 12.1. The number of carbonyl (C=O) groups is 3. The van der Waals surface area contributed by atoms with Crippen LogP contribution < -0.4 is 10.1 Å². The third kappa shape index (κ3) is 6.55. The second-order valence-electron chi connectivity index (χ2n) is 5.94. The van der Waals surface area contributed by atoms with Crippen molar-refractivity contribution in [2.24, 2.45) is 0 Å². The van der Waals surface area contributed by atoms with Crippen molar-refractivity contribution >= 4 is 40.9 Å². The predicted octanol–water partition coefficient (Wildman–Crippen LogP) is 2.72. The summed E-state index contributed by atoms with van der Waals surface area (Å²) in [5, 5.41) is 4.60. The summed E-state index contributed by atoms with van der Waals surface area (Å²) in [5.41, 5.74) is 1.62. The molecule has 0 radical (unpaired) electrons. The number of methoxy groups -OCH3 is 1. The SMILES string of the molecule is COc1cccc(NC(=O)CN(C)C(=O)COC(=O)/C=C/c2sccc2C)c1. The van der Waals surface area contributed by atoms with E-state index in [1.165, 1.54) is 36.5 Å². The number of hydrogen-bond donors (Lipinski definition) is 1.